The van der Waals surface area contributed by atoms with Crippen LogP contribution in [0.3, 0.4) is 0 Å². The van der Waals surface area contributed by atoms with Crippen molar-refractivity contribution < 1.29 is 118 Å². The van der Waals surface area contributed by atoms with Gasteiger partial charge in [0.2, 0.25) is 29.3 Å². The third-order valence-electron chi connectivity index (χ3n) is 6.36. The second kappa shape index (κ2) is 37.8. The minimum Gasteiger partial charge on any atom is -0.857 e. The van der Waals surface area contributed by atoms with Crippen LogP contribution in [0.15, 0.2) is 43.1 Å². The van der Waals surface area contributed by atoms with E-state index in [4.69, 9.17) is 78.7 Å². The van der Waals surface area contributed by atoms with E-state index in [0.29, 0.717) is 0 Å². The molecule has 29 heteroatoms. The maximum absolute atomic E-state index is 13.8. The summed E-state index contributed by atoms with van der Waals surface area (Å²) < 4.78 is 99.6. The Morgan fingerprint density at radius 3 is 1.48 bits per heavy atom. The number of nitrogens with two attached hydrogens (primary N) is 1. The van der Waals surface area contributed by atoms with Gasteiger partial charge in [-0.1, -0.05) is 71.3 Å². The summed E-state index contributed by atoms with van der Waals surface area (Å²) in [7, 11) is 5.85. The van der Waals surface area contributed by atoms with E-state index in [9.17, 15) is 35.9 Å². The minimum absolute atomic E-state index is 0. The van der Waals surface area contributed by atoms with Crippen LogP contribution in [0, 0.1) is 42.0 Å². The van der Waals surface area contributed by atoms with Crippen molar-refractivity contribution in [1.82, 2.24) is 24.9 Å². The number of unbranched alkanes of at least 4 members (excludes halogenated alkanes) is 1. The number of pyridine rings is 5. The molecule has 0 spiro atoms. The summed E-state index contributed by atoms with van der Waals surface area (Å²) in [5, 5.41) is 19.2. The summed E-state index contributed by atoms with van der Waals surface area (Å²) in [5.74, 6) is -7.62. The number of carbonyl (C=O) groups excluding carboxylic acids is 1. The first kappa shape index (κ1) is 71.6. The molecule has 0 aliphatic rings. The Balaban J connectivity index is -0.000000375. The molecule has 5 aromatic rings. The molecule has 372 valence electrons. The number of aromatic nitrogens is 5. The van der Waals surface area contributed by atoms with Gasteiger partial charge in [-0.05, 0) is 32.9 Å². The van der Waals surface area contributed by atoms with E-state index >= 15 is 0 Å². The molecule has 1 amide bonds. The van der Waals surface area contributed by atoms with Crippen LogP contribution in [-0.2, 0) is 4.74 Å². The summed E-state index contributed by atoms with van der Waals surface area (Å²) in [5.41, 5.74) is 3.55. The maximum atomic E-state index is 13.8. The summed E-state index contributed by atoms with van der Waals surface area (Å²) in [6, 6.07) is 2.01. The quantitative estimate of drug-likeness (QED) is 0.0864. The zero-order valence-electron chi connectivity index (χ0n) is 38.8. The SMILES string of the molecule is COc1ncc(Cl)c(C(=O)O)c1F.COc1ncc(Cl)c(N)c1F.COc1ncc(Cl)c(NC(=O)OC(C)(C)C)c1F.COc1ncc(Cl)cc1F.C[O-].Fc1cc(Cl)cnc1F.[CH2-]CCC.[Li+].[Na+]. The number of carbonyl (C=O) groups is 2. The third kappa shape index (κ3) is 27.3. The van der Waals surface area contributed by atoms with Crippen LogP contribution in [0.2, 0.25) is 25.1 Å². The molecule has 0 atom stereocenters. The number of hydrogen-bond acceptors (Lipinski definition) is 14. The van der Waals surface area contributed by atoms with Gasteiger partial charge in [-0.3, -0.25) is 5.32 Å². The predicted molar refractivity (Wildman–Crippen MR) is 240 cm³/mol. The number of ether oxygens (including phenoxy) is 5. The second-order valence-corrected chi connectivity index (χ2v) is 14.4. The summed E-state index contributed by atoms with van der Waals surface area (Å²) in [6.07, 6.45) is 7.27. The first-order chi connectivity index (χ1) is 31.3. The molecule has 0 radical (unpaired) electrons. The number of rotatable bonds is 7. The Bertz CT molecular complexity index is 2340. The van der Waals surface area contributed by atoms with Crippen LogP contribution in [0.1, 0.15) is 50.9 Å². The number of nitrogens with zero attached hydrogens (tertiary/aromatic N) is 5. The number of nitrogen functional groups attached to an aromatic ring is 1. The van der Waals surface area contributed by atoms with Crippen LogP contribution in [-0.4, -0.2) is 83.2 Å². The van der Waals surface area contributed by atoms with E-state index in [1.807, 2.05) is 0 Å². The zero-order valence-corrected chi connectivity index (χ0v) is 44.6. The molecule has 0 bridgehead atoms. The van der Waals surface area contributed by atoms with E-state index in [2.05, 4.69) is 63.0 Å². The van der Waals surface area contributed by atoms with Crippen LogP contribution < -0.4 is 83.5 Å². The average Bonchev–Trinajstić information content (AvgIpc) is 3.27. The fraction of sp³-hybridized carbons (Fsp3) is 0.300. The topological polar surface area (TPSA) is 226 Å². The van der Waals surface area contributed by atoms with E-state index in [1.54, 1.807) is 20.8 Å². The average molecular weight is 1090 g/mol. The molecule has 0 saturated carbocycles. The first-order valence-electron chi connectivity index (χ1n) is 18.0. The number of nitrogens with one attached hydrogen (secondary N) is 1. The number of anilines is 2. The van der Waals surface area contributed by atoms with Crippen LogP contribution in [0.5, 0.6) is 23.5 Å². The molecule has 5 aromatic heterocycles. The van der Waals surface area contributed by atoms with E-state index in [-0.39, 0.29) is 108 Å². The van der Waals surface area contributed by atoms with Crippen LogP contribution >= 0.6 is 58.0 Å². The Labute approximate surface area is 453 Å². The number of halogens is 11. The van der Waals surface area contributed by atoms with E-state index in [1.165, 1.54) is 53.5 Å². The standard InChI is InChI=1S/C11H14ClFN2O3.C7H5ClFNO3.C6H6ClFN2O.C6H5ClFNO.C5H2ClF2N.C4H9.CH3O.Li.Na/c1-11(2,3)18-10(16)15-8-6(12)5-14-9(17-4)7(8)13;1-13-6-5(9)4(7(11)12)3(8)2-10-6;1-11-6-4(8)5(9)3(7)2-10-6;1-10-6-5(8)2-4(7)3-9-6;6-3-1-4(7)5(8)9-2-3;1-3-4-2;1-2;;/h5H,1-4H3,(H,14,15,16);2H,1H3,(H,11,12);2H,1H3,(H2,9,10);2-3H,1H3;1-2H;1,3-4H2,2H3;1H3;;/q;;;;;2*-1;2*+1. The first-order valence-corrected chi connectivity index (χ1v) is 19.9. The molecule has 0 unspecified atom stereocenters. The molecule has 0 aromatic carbocycles. The van der Waals surface area contributed by atoms with Gasteiger partial charge in [-0.2, -0.15) is 31.1 Å². The number of carboxylic acids is 1. The molecule has 16 nitrogen and oxygen atoms in total. The number of hydrogen-bond donors (Lipinski definition) is 3. The van der Waals surface area contributed by atoms with Gasteiger partial charge in [-0.25, -0.2) is 43.3 Å². The van der Waals surface area contributed by atoms with Crippen molar-refractivity contribution in [3.63, 3.8) is 0 Å². The molecule has 69 heavy (non-hydrogen) atoms. The molecule has 4 N–H and O–H groups in total. The van der Waals surface area contributed by atoms with Crippen molar-refractivity contribution >= 4 is 81.4 Å². The van der Waals surface area contributed by atoms with Crippen molar-refractivity contribution in [3.8, 4) is 23.5 Å². The van der Waals surface area contributed by atoms with Gasteiger partial charge >= 0.3 is 60.5 Å². The Kier molecular flexibility index (Phi) is 39.3. The normalized spacial score (nSPS) is 9.42. The van der Waals surface area contributed by atoms with Crippen molar-refractivity contribution in [2.75, 3.05) is 46.6 Å². The van der Waals surface area contributed by atoms with Crippen molar-refractivity contribution in [2.45, 2.75) is 46.1 Å². The summed E-state index contributed by atoms with van der Waals surface area (Å²) in [6.45, 7) is 10.8. The fourth-order valence-electron chi connectivity index (χ4n) is 3.45. The van der Waals surface area contributed by atoms with Gasteiger partial charge in [0.15, 0.2) is 11.6 Å². The predicted octanol–water partition coefficient (Wildman–Crippen LogP) is 4.78. The van der Waals surface area contributed by atoms with Crippen LogP contribution in [0.25, 0.3) is 0 Å². The van der Waals surface area contributed by atoms with E-state index < -0.39 is 58.3 Å². The van der Waals surface area contributed by atoms with Crippen molar-refractivity contribution in [1.29, 1.82) is 0 Å². The smallest absolute Gasteiger partial charge is 0.857 e. The molecule has 0 fully saturated rings. The fourth-order valence-corrected chi connectivity index (χ4v) is 4.26. The molecule has 0 aliphatic carbocycles. The Hall–Kier alpha value is -3.92. The van der Waals surface area contributed by atoms with Crippen molar-refractivity contribution in [3.05, 3.63) is 116 Å². The molecule has 0 aliphatic heterocycles. The van der Waals surface area contributed by atoms with Crippen LogP contribution in [0.4, 0.5) is 42.5 Å². The zero-order chi connectivity index (χ0) is 52.2. The second-order valence-electron chi connectivity index (χ2n) is 12.3. The molecule has 0 saturated heterocycles. The number of aromatic carboxylic acids is 1. The Morgan fingerprint density at radius 2 is 1.09 bits per heavy atom. The third-order valence-corrected chi connectivity index (χ3v) is 7.65. The van der Waals surface area contributed by atoms with Gasteiger partial charge in [0.1, 0.15) is 16.9 Å². The van der Waals surface area contributed by atoms with Gasteiger partial charge in [0.05, 0.1) is 77.8 Å². The molecular weight excluding hydrogens is 1040 g/mol. The number of carboxylic acid groups (broad SMARTS) is 1. The summed E-state index contributed by atoms with van der Waals surface area (Å²) in [4.78, 5) is 39.2. The van der Waals surface area contributed by atoms with Gasteiger partial charge < -0.3 is 46.6 Å². The maximum Gasteiger partial charge on any atom is 1.00 e. The molecule has 5 heterocycles. The van der Waals surface area contributed by atoms with E-state index in [0.717, 1.165) is 38.1 Å². The minimum atomic E-state index is -1.46. The molecule has 5 rings (SSSR count). The Morgan fingerprint density at radius 1 is 0.696 bits per heavy atom. The van der Waals surface area contributed by atoms with Gasteiger partial charge in [0.25, 0.3) is 17.6 Å². The molecular formula is C40H44Cl5F6LiN7NaO9. The van der Waals surface area contributed by atoms with Gasteiger partial charge in [-0.15, -0.1) is 0 Å². The number of methoxy groups -OCH3 is 4. The largest absolute Gasteiger partial charge is 1.00 e. The monoisotopic (exact) mass is 1090 g/mol. The van der Waals surface area contributed by atoms with Gasteiger partial charge in [0, 0.05) is 12.4 Å². The summed E-state index contributed by atoms with van der Waals surface area (Å²) >= 11 is 27.3. The van der Waals surface area contributed by atoms with Crippen molar-refractivity contribution in [2.24, 2.45) is 0 Å². The number of amides is 1.